The molecule has 2 N–H and O–H groups in total. The number of nitrogens with one attached hydrogen (secondary N) is 1. The molecule has 0 saturated heterocycles. The van der Waals surface area contributed by atoms with Gasteiger partial charge in [0.05, 0.1) is 21.3 Å². The minimum absolute atomic E-state index is 0.0827. The summed E-state index contributed by atoms with van der Waals surface area (Å²) in [5.41, 5.74) is 0.0281. The number of esters is 1. The molecule has 2 aromatic heterocycles. The summed E-state index contributed by atoms with van der Waals surface area (Å²) in [6.45, 7) is -0.212. The molecule has 0 unspecified atom stereocenters. The van der Waals surface area contributed by atoms with Gasteiger partial charge in [-0.05, 0) is 44.0 Å². The van der Waals surface area contributed by atoms with E-state index in [4.69, 9.17) is 14.6 Å². The highest BCUT2D eigenvalue weighted by atomic mass is 79.9. The van der Waals surface area contributed by atoms with Crippen LogP contribution in [0.1, 0.15) is 21.0 Å². The van der Waals surface area contributed by atoms with Crippen LogP contribution in [0.2, 0.25) is 0 Å². The van der Waals surface area contributed by atoms with Gasteiger partial charge in [0.1, 0.15) is 6.54 Å². The largest absolute Gasteiger partial charge is 0.494 e. The van der Waals surface area contributed by atoms with Crippen LogP contribution in [0.25, 0.3) is 0 Å². The summed E-state index contributed by atoms with van der Waals surface area (Å²) in [4.78, 5) is 40.7. The number of aromatic carboxylic acids is 1. The highest BCUT2D eigenvalue weighted by molar-refractivity contribution is 9.10. The molecular formula is C17H17Br2N3O7. The number of hydrogen-bond donors (Lipinski definition) is 2. The number of aromatic nitrogens is 2. The fourth-order valence-corrected chi connectivity index (χ4v) is 2.41. The Labute approximate surface area is 182 Å². The molecular weight excluding hydrogens is 518 g/mol. The molecule has 0 aromatic carbocycles. The molecule has 29 heavy (non-hydrogen) atoms. The Morgan fingerprint density at radius 2 is 1.45 bits per heavy atom. The molecule has 0 aliphatic carbocycles. The molecule has 2 heterocycles. The third-order valence-corrected chi connectivity index (χ3v) is 3.98. The fraction of sp³-hybridized carbons (Fsp3) is 0.235. The molecule has 0 aliphatic heterocycles. The van der Waals surface area contributed by atoms with E-state index in [1.54, 1.807) is 12.1 Å². The molecule has 0 bridgehead atoms. The van der Waals surface area contributed by atoms with Crippen LogP contribution in [-0.2, 0) is 9.53 Å². The first-order valence-corrected chi connectivity index (χ1v) is 9.29. The number of amides is 1. The highest BCUT2D eigenvalue weighted by Gasteiger charge is 2.15. The van der Waals surface area contributed by atoms with Gasteiger partial charge in [0, 0.05) is 21.3 Å². The maximum atomic E-state index is 11.7. The third-order valence-electron chi connectivity index (χ3n) is 3.12. The number of methoxy groups -OCH3 is 3. The summed E-state index contributed by atoms with van der Waals surface area (Å²) >= 11 is 6.36. The second-order valence-electron chi connectivity index (χ2n) is 4.97. The molecule has 156 valence electrons. The van der Waals surface area contributed by atoms with Crippen molar-refractivity contribution in [1.82, 2.24) is 15.3 Å². The quantitative estimate of drug-likeness (QED) is 0.534. The molecule has 0 atom stereocenters. The molecule has 0 spiro atoms. The van der Waals surface area contributed by atoms with Crippen molar-refractivity contribution in [2.45, 2.75) is 0 Å². The smallest absolute Gasteiger partial charge is 0.358 e. The average molecular weight is 535 g/mol. The zero-order valence-corrected chi connectivity index (χ0v) is 18.7. The number of carbonyl (C=O) groups excluding carboxylic acids is 2. The lowest BCUT2D eigenvalue weighted by Crippen LogP contribution is -2.31. The predicted molar refractivity (Wildman–Crippen MR) is 108 cm³/mol. The van der Waals surface area contributed by atoms with Crippen molar-refractivity contribution < 1.29 is 33.7 Å². The van der Waals surface area contributed by atoms with E-state index in [2.05, 4.69) is 51.9 Å². The maximum absolute atomic E-state index is 11.7. The number of halogens is 2. The minimum atomic E-state index is -1.10. The highest BCUT2D eigenvalue weighted by Crippen LogP contribution is 2.21. The lowest BCUT2D eigenvalue weighted by Gasteiger charge is -2.07. The van der Waals surface area contributed by atoms with E-state index in [1.165, 1.54) is 33.7 Å². The Morgan fingerprint density at radius 1 is 0.966 bits per heavy atom. The normalized spacial score (nSPS) is 9.55. The summed E-state index contributed by atoms with van der Waals surface area (Å²) in [7, 11) is 4.07. The van der Waals surface area contributed by atoms with Crippen molar-refractivity contribution in [3.8, 4) is 11.5 Å². The first-order chi connectivity index (χ1) is 13.7. The molecule has 1 amide bonds. The van der Waals surface area contributed by atoms with E-state index in [-0.39, 0.29) is 23.7 Å². The van der Waals surface area contributed by atoms with Crippen molar-refractivity contribution >= 4 is 49.7 Å². The summed E-state index contributed by atoms with van der Waals surface area (Å²) in [5.74, 6) is -1.56. The number of rotatable bonds is 6. The summed E-state index contributed by atoms with van der Waals surface area (Å²) in [5, 5.41) is 11.0. The second kappa shape index (κ2) is 12.0. The zero-order valence-electron chi connectivity index (χ0n) is 15.6. The van der Waals surface area contributed by atoms with Gasteiger partial charge in [0.15, 0.2) is 22.9 Å². The van der Waals surface area contributed by atoms with Crippen LogP contribution in [0.15, 0.2) is 33.5 Å². The van der Waals surface area contributed by atoms with Gasteiger partial charge < -0.3 is 24.6 Å². The van der Waals surface area contributed by atoms with Crippen LogP contribution in [0.5, 0.6) is 11.5 Å². The Kier molecular flexibility index (Phi) is 10.0. The SMILES string of the molecule is COC(=O)CNC(=O)c1ncc(Br)cc1OC.COc1cc(Br)cnc1C(=O)O. The predicted octanol–water partition coefficient (Wildman–Crippen LogP) is 2.31. The van der Waals surface area contributed by atoms with Crippen LogP contribution in [0.4, 0.5) is 0 Å². The van der Waals surface area contributed by atoms with Gasteiger partial charge in [0.25, 0.3) is 5.91 Å². The third kappa shape index (κ3) is 7.66. The Morgan fingerprint density at radius 3 is 1.90 bits per heavy atom. The summed E-state index contributed by atoms with van der Waals surface area (Å²) in [6, 6.07) is 3.16. The molecule has 10 nitrogen and oxygen atoms in total. The number of ether oxygens (including phenoxy) is 3. The van der Waals surface area contributed by atoms with Crippen LogP contribution in [-0.4, -0.2) is 60.8 Å². The van der Waals surface area contributed by atoms with E-state index < -0.39 is 17.8 Å². The molecule has 2 rings (SSSR count). The lowest BCUT2D eigenvalue weighted by molar-refractivity contribution is -0.139. The van der Waals surface area contributed by atoms with E-state index in [1.807, 2.05) is 0 Å². The first-order valence-electron chi connectivity index (χ1n) is 7.70. The van der Waals surface area contributed by atoms with Crippen molar-refractivity contribution in [3.05, 3.63) is 44.9 Å². The average Bonchev–Trinajstić information content (AvgIpc) is 2.71. The summed E-state index contributed by atoms with van der Waals surface area (Å²) < 4.78 is 15.6. The van der Waals surface area contributed by atoms with Gasteiger partial charge in [-0.25, -0.2) is 14.8 Å². The van der Waals surface area contributed by atoms with Gasteiger partial charge in [-0.15, -0.1) is 0 Å². The topological polar surface area (TPSA) is 137 Å². The lowest BCUT2D eigenvalue weighted by atomic mass is 10.3. The minimum Gasteiger partial charge on any atom is -0.494 e. The van der Waals surface area contributed by atoms with Gasteiger partial charge in [0.2, 0.25) is 0 Å². The molecule has 12 heteroatoms. The Balaban J connectivity index is 0.000000308. The van der Waals surface area contributed by atoms with Gasteiger partial charge in [-0.1, -0.05) is 0 Å². The van der Waals surface area contributed by atoms with Gasteiger partial charge >= 0.3 is 11.9 Å². The van der Waals surface area contributed by atoms with E-state index in [0.717, 1.165) is 0 Å². The second-order valence-corrected chi connectivity index (χ2v) is 6.80. The Hall–Kier alpha value is -2.73. The number of nitrogens with zero attached hydrogens (tertiary/aromatic N) is 2. The van der Waals surface area contributed by atoms with Crippen molar-refractivity contribution in [2.24, 2.45) is 0 Å². The van der Waals surface area contributed by atoms with Crippen LogP contribution >= 0.6 is 31.9 Å². The zero-order chi connectivity index (χ0) is 22.0. The molecule has 0 saturated carbocycles. The molecule has 0 aliphatic rings. The van der Waals surface area contributed by atoms with Crippen molar-refractivity contribution in [3.63, 3.8) is 0 Å². The first kappa shape index (κ1) is 24.3. The van der Waals surface area contributed by atoms with Crippen LogP contribution in [0.3, 0.4) is 0 Å². The number of carboxylic acids is 1. The maximum Gasteiger partial charge on any atom is 0.358 e. The summed E-state index contributed by atoms with van der Waals surface area (Å²) in [6.07, 6.45) is 2.88. The molecule has 0 radical (unpaired) electrons. The van der Waals surface area contributed by atoms with E-state index in [0.29, 0.717) is 14.7 Å². The van der Waals surface area contributed by atoms with Gasteiger partial charge in [-0.3, -0.25) is 9.59 Å². The van der Waals surface area contributed by atoms with Gasteiger partial charge in [-0.2, -0.15) is 0 Å². The monoisotopic (exact) mass is 533 g/mol. The number of pyridine rings is 2. The van der Waals surface area contributed by atoms with Crippen LogP contribution < -0.4 is 14.8 Å². The van der Waals surface area contributed by atoms with E-state index in [9.17, 15) is 14.4 Å². The van der Waals surface area contributed by atoms with Crippen molar-refractivity contribution in [2.75, 3.05) is 27.9 Å². The molecule has 0 fully saturated rings. The number of carboxylic acid groups (broad SMARTS) is 1. The Bertz CT molecular complexity index is 893. The fourth-order valence-electron chi connectivity index (χ4n) is 1.79. The number of carbonyl (C=O) groups is 3. The standard InChI is InChI=1S/C10H11BrN2O4.C7H6BrNO3/c1-16-7-3-6(11)4-12-9(7)10(15)13-5-8(14)17-2;1-12-5-2-4(8)3-9-6(5)7(10)11/h3-4H,5H2,1-2H3,(H,13,15);2-3H,1H3,(H,10,11). The number of hydrogen-bond acceptors (Lipinski definition) is 8. The molecule has 2 aromatic rings. The van der Waals surface area contributed by atoms with Crippen LogP contribution in [0, 0.1) is 0 Å². The van der Waals surface area contributed by atoms with E-state index >= 15 is 0 Å². The van der Waals surface area contributed by atoms with Crippen molar-refractivity contribution in [1.29, 1.82) is 0 Å².